The van der Waals surface area contributed by atoms with E-state index in [0.29, 0.717) is 6.04 Å². The molecule has 1 heteroatoms. The fraction of sp³-hybridized carbons (Fsp3) is 0.357. The maximum absolute atomic E-state index is 4.64. The molecule has 0 aromatic heterocycles. The lowest BCUT2D eigenvalue weighted by molar-refractivity contribution is 0.753. The van der Waals surface area contributed by atoms with Gasteiger partial charge in [0.2, 0.25) is 0 Å². The Morgan fingerprint density at radius 2 is 2.00 bits per heavy atom. The first kappa shape index (κ1) is 10.2. The Hall–Kier alpha value is -1.37. The summed E-state index contributed by atoms with van der Waals surface area (Å²) in [6.07, 6.45) is 6.50. The van der Waals surface area contributed by atoms with Crippen molar-refractivity contribution in [2.45, 2.75) is 32.7 Å². The van der Waals surface area contributed by atoms with Crippen LogP contribution in [0.1, 0.15) is 31.4 Å². The summed E-state index contributed by atoms with van der Waals surface area (Å²) in [5, 5.41) is 0. The highest BCUT2D eigenvalue weighted by Gasteiger charge is 2.06. The predicted molar refractivity (Wildman–Crippen MR) is 65.6 cm³/mol. The lowest BCUT2D eigenvalue weighted by Gasteiger charge is -2.12. The third-order valence-corrected chi connectivity index (χ3v) is 2.77. The lowest BCUT2D eigenvalue weighted by atomic mass is 10.0. The standard InChI is InChI=1S/C14H17N/c1-3-12-7-9-13(10-8-12)14-6-4-5-11(2)15-14/h4,6-11H,3,5H2,1-2H3. The van der Waals surface area contributed by atoms with E-state index in [1.807, 2.05) is 0 Å². The summed E-state index contributed by atoms with van der Waals surface area (Å²) in [4.78, 5) is 4.64. The number of benzene rings is 1. The van der Waals surface area contributed by atoms with Crippen molar-refractivity contribution in [3.8, 4) is 0 Å². The van der Waals surface area contributed by atoms with Gasteiger partial charge in [0.1, 0.15) is 0 Å². The Kier molecular flexibility index (Phi) is 3.00. The maximum atomic E-state index is 4.64. The Bertz CT molecular complexity index is 384. The van der Waals surface area contributed by atoms with Gasteiger partial charge >= 0.3 is 0 Å². The molecule has 15 heavy (non-hydrogen) atoms. The van der Waals surface area contributed by atoms with Crippen LogP contribution in [0.15, 0.2) is 41.4 Å². The van der Waals surface area contributed by atoms with Crippen molar-refractivity contribution in [1.82, 2.24) is 0 Å². The fourth-order valence-electron chi connectivity index (χ4n) is 1.79. The topological polar surface area (TPSA) is 12.4 Å². The molecule has 2 rings (SSSR count). The molecule has 1 unspecified atom stereocenters. The summed E-state index contributed by atoms with van der Waals surface area (Å²) in [5.41, 5.74) is 3.73. The number of dihydropyridines is 1. The van der Waals surface area contributed by atoms with Crippen LogP contribution < -0.4 is 0 Å². The molecule has 0 amide bonds. The van der Waals surface area contributed by atoms with E-state index in [1.54, 1.807) is 0 Å². The molecule has 1 aliphatic rings. The molecule has 1 aromatic carbocycles. The zero-order valence-electron chi connectivity index (χ0n) is 9.40. The van der Waals surface area contributed by atoms with E-state index in [-0.39, 0.29) is 0 Å². The first-order chi connectivity index (χ1) is 7.29. The van der Waals surface area contributed by atoms with Crippen LogP contribution in [-0.4, -0.2) is 11.8 Å². The number of aliphatic imine (C=N–C) groups is 1. The monoisotopic (exact) mass is 199 g/mol. The normalized spacial score (nSPS) is 20.1. The molecule has 0 fully saturated rings. The van der Waals surface area contributed by atoms with Crippen LogP contribution in [0.3, 0.4) is 0 Å². The molecule has 0 N–H and O–H groups in total. The van der Waals surface area contributed by atoms with Gasteiger partial charge in [-0.3, -0.25) is 4.99 Å². The highest BCUT2D eigenvalue weighted by molar-refractivity contribution is 6.09. The zero-order valence-corrected chi connectivity index (χ0v) is 9.40. The van der Waals surface area contributed by atoms with E-state index >= 15 is 0 Å². The highest BCUT2D eigenvalue weighted by atomic mass is 14.8. The van der Waals surface area contributed by atoms with Crippen LogP contribution in [0.25, 0.3) is 0 Å². The van der Waals surface area contributed by atoms with Gasteiger partial charge in [0.05, 0.1) is 11.8 Å². The summed E-state index contributed by atoms with van der Waals surface area (Å²) < 4.78 is 0. The molecule has 78 valence electrons. The molecule has 0 bridgehead atoms. The first-order valence-corrected chi connectivity index (χ1v) is 5.63. The van der Waals surface area contributed by atoms with Crippen molar-refractivity contribution < 1.29 is 0 Å². The Balaban J connectivity index is 2.26. The van der Waals surface area contributed by atoms with Crippen molar-refractivity contribution in [2.75, 3.05) is 0 Å². The van der Waals surface area contributed by atoms with E-state index in [2.05, 4.69) is 55.3 Å². The summed E-state index contributed by atoms with van der Waals surface area (Å²) in [7, 11) is 0. The fourth-order valence-corrected chi connectivity index (χ4v) is 1.79. The van der Waals surface area contributed by atoms with Gasteiger partial charge in [-0.1, -0.05) is 37.3 Å². The Labute approximate surface area is 91.6 Å². The SMILES string of the molecule is CCc1ccc(C2=NC(C)CC=C2)cc1. The number of nitrogens with zero attached hydrogens (tertiary/aromatic N) is 1. The minimum Gasteiger partial charge on any atom is -0.281 e. The van der Waals surface area contributed by atoms with Gasteiger partial charge in [0.25, 0.3) is 0 Å². The minimum atomic E-state index is 0.427. The molecule has 0 saturated carbocycles. The van der Waals surface area contributed by atoms with E-state index in [9.17, 15) is 0 Å². The van der Waals surface area contributed by atoms with Crippen molar-refractivity contribution >= 4 is 5.71 Å². The van der Waals surface area contributed by atoms with Crippen LogP contribution in [0.2, 0.25) is 0 Å². The highest BCUT2D eigenvalue weighted by Crippen LogP contribution is 2.13. The second-order valence-corrected chi connectivity index (χ2v) is 4.05. The second kappa shape index (κ2) is 4.43. The van der Waals surface area contributed by atoms with Crippen molar-refractivity contribution in [2.24, 2.45) is 4.99 Å². The van der Waals surface area contributed by atoms with Crippen LogP contribution in [-0.2, 0) is 6.42 Å². The third-order valence-electron chi connectivity index (χ3n) is 2.77. The van der Waals surface area contributed by atoms with Gasteiger partial charge in [0, 0.05) is 0 Å². The predicted octanol–water partition coefficient (Wildman–Crippen LogP) is 3.39. The van der Waals surface area contributed by atoms with Crippen LogP contribution >= 0.6 is 0 Å². The average Bonchev–Trinajstić information content (AvgIpc) is 2.29. The van der Waals surface area contributed by atoms with Crippen LogP contribution in [0.5, 0.6) is 0 Å². The maximum Gasteiger partial charge on any atom is 0.0646 e. The number of hydrogen-bond donors (Lipinski definition) is 0. The van der Waals surface area contributed by atoms with Gasteiger partial charge in [-0.2, -0.15) is 0 Å². The molecule has 1 atom stereocenters. The van der Waals surface area contributed by atoms with Gasteiger partial charge in [-0.15, -0.1) is 0 Å². The summed E-state index contributed by atoms with van der Waals surface area (Å²) in [6.45, 7) is 4.33. The van der Waals surface area contributed by atoms with Gasteiger partial charge in [0.15, 0.2) is 0 Å². The van der Waals surface area contributed by atoms with Crippen molar-refractivity contribution in [3.63, 3.8) is 0 Å². The van der Waals surface area contributed by atoms with E-state index < -0.39 is 0 Å². The first-order valence-electron chi connectivity index (χ1n) is 5.63. The molecule has 0 saturated heterocycles. The molecule has 1 aliphatic heterocycles. The molecule has 0 spiro atoms. The minimum absolute atomic E-state index is 0.427. The van der Waals surface area contributed by atoms with Gasteiger partial charge in [-0.05, 0) is 37.0 Å². The number of hydrogen-bond acceptors (Lipinski definition) is 1. The molecule has 1 nitrogen and oxygen atoms in total. The summed E-state index contributed by atoms with van der Waals surface area (Å²) >= 11 is 0. The molecular weight excluding hydrogens is 182 g/mol. The van der Waals surface area contributed by atoms with Crippen molar-refractivity contribution in [1.29, 1.82) is 0 Å². The van der Waals surface area contributed by atoms with E-state index in [1.165, 1.54) is 11.1 Å². The average molecular weight is 199 g/mol. The largest absolute Gasteiger partial charge is 0.281 e. The zero-order chi connectivity index (χ0) is 10.7. The molecule has 1 heterocycles. The molecular formula is C14H17N. The van der Waals surface area contributed by atoms with Gasteiger partial charge < -0.3 is 0 Å². The van der Waals surface area contributed by atoms with E-state index in [0.717, 1.165) is 18.6 Å². The molecule has 1 aromatic rings. The van der Waals surface area contributed by atoms with Gasteiger partial charge in [-0.25, -0.2) is 0 Å². The van der Waals surface area contributed by atoms with Crippen LogP contribution in [0.4, 0.5) is 0 Å². The summed E-state index contributed by atoms with van der Waals surface area (Å²) in [6, 6.07) is 9.13. The van der Waals surface area contributed by atoms with Crippen molar-refractivity contribution in [3.05, 3.63) is 47.5 Å². The Morgan fingerprint density at radius 3 is 2.60 bits per heavy atom. The Morgan fingerprint density at radius 1 is 1.27 bits per heavy atom. The lowest BCUT2D eigenvalue weighted by Crippen LogP contribution is -2.08. The third kappa shape index (κ3) is 2.35. The van der Waals surface area contributed by atoms with Crippen LogP contribution in [0, 0.1) is 0 Å². The molecule has 0 aliphatic carbocycles. The second-order valence-electron chi connectivity index (χ2n) is 4.05. The molecule has 0 radical (unpaired) electrons. The number of rotatable bonds is 2. The summed E-state index contributed by atoms with van der Waals surface area (Å²) in [5.74, 6) is 0. The quantitative estimate of drug-likeness (QED) is 0.692. The smallest absolute Gasteiger partial charge is 0.0646 e. The van der Waals surface area contributed by atoms with E-state index in [4.69, 9.17) is 0 Å². The number of allylic oxidation sites excluding steroid dienone is 1. The number of aryl methyl sites for hydroxylation is 1.